The highest BCUT2D eigenvalue weighted by molar-refractivity contribution is 9.10. The molecule has 0 saturated heterocycles. The molecule has 0 fully saturated rings. The molecule has 10 heteroatoms. The van der Waals surface area contributed by atoms with Gasteiger partial charge in [0.15, 0.2) is 18.1 Å². The maximum absolute atomic E-state index is 12.5. The van der Waals surface area contributed by atoms with Crippen molar-refractivity contribution in [3.05, 3.63) is 59.1 Å². The van der Waals surface area contributed by atoms with Crippen LogP contribution in [-0.4, -0.2) is 39.8 Å². The van der Waals surface area contributed by atoms with Crippen molar-refractivity contribution in [1.29, 1.82) is 0 Å². The number of carbonyl (C=O) groups excluding carboxylic acids is 1. The van der Waals surface area contributed by atoms with Crippen molar-refractivity contribution in [2.75, 3.05) is 19.0 Å². The standard InChI is InChI=1S/C20H20BrN5O3S/c1-4-5-13-6-8-16(17(10-13)28-3)29-12-19(27)22-15-11-14(21)7-9-18(15)30-20-23-24-25-26(20)2/h4,6-11H,1,5,12H2,2-3H3,(H,22,27). The van der Waals surface area contributed by atoms with Crippen molar-refractivity contribution in [3.63, 3.8) is 0 Å². The van der Waals surface area contributed by atoms with Crippen LogP contribution in [0.5, 0.6) is 11.5 Å². The van der Waals surface area contributed by atoms with E-state index in [1.165, 1.54) is 11.8 Å². The van der Waals surface area contributed by atoms with Crippen LogP contribution in [0.15, 0.2) is 63.6 Å². The number of allylic oxidation sites excluding steroid dienone is 1. The number of hydrogen-bond acceptors (Lipinski definition) is 7. The number of methoxy groups -OCH3 is 1. The molecule has 1 N–H and O–H groups in total. The first-order chi connectivity index (χ1) is 14.5. The van der Waals surface area contributed by atoms with Gasteiger partial charge in [-0.3, -0.25) is 4.79 Å². The van der Waals surface area contributed by atoms with Gasteiger partial charge in [-0.25, -0.2) is 4.68 Å². The molecule has 0 bridgehead atoms. The zero-order valence-corrected chi connectivity index (χ0v) is 18.9. The van der Waals surface area contributed by atoms with Gasteiger partial charge in [0.05, 0.1) is 12.8 Å². The number of halogens is 1. The number of nitrogens with one attached hydrogen (secondary N) is 1. The van der Waals surface area contributed by atoms with Gasteiger partial charge in [-0.2, -0.15) is 0 Å². The van der Waals surface area contributed by atoms with Gasteiger partial charge in [-0.1, -0.05) is 28.1 Å². The summed E-state index contributed by atoms with van der Waals surface area (Å²) in [6.07, 6.45) is 2.54. The van der Waals surface area contributed by atoms with E-state index in [9.17, 15) is 4.79 Å². The largest absolute Gasteiger partial charge is 0.493 e. The Bertz CT molecular complexity index is 1060. The third kappa shape index (κ3) is 5.61. The topological polar surface area (TPSA) is 91.2 Å². The molecule has 0 aliphatic carbocycles. The van der Waals surface area contributed by atoms with Crippen LogP contribution in [0.2, 0.25) is 0 Å². The van der Waals surface area contributed by atoms with Crippen LogP contribution < -0.4 is 14.8 Å². The molecule has 30 heavy (non-hydrogen) atoms. The average molecular weight is 490 g/mol. The van der Waals surface area contributed by atoms with Crippen molar-refractivity contribution in [2.24, 2.45) is 7.05 Å². The van der Waals surface area contributed by atoms with Gasteiger partial charge in [-0.15, -0.1) is 11.7 Å². The lowest BCUT2D eigenvalue weighted by Gasteiger charge is -2.13. The quantitative estimate of drug-likeness (QED) is 0.456. The van der Waals surface area contributed by atoms with Crippen molar-refractivity contribution in [3.8, 4) is 11.5 Å². The summed E-state index contributed by atoms with van der Waals surface area (Å²) in [5.74, 6) is 0.758. The molecule has 1 aromatic heterocycles. The van der Waals surface area contributed by atoms with E-state index >= 15 is 0 Å². The van der Waals surface area contributed by atoms with Crippen LogP contribution in [0.4, 0.5) is 5.69 Å². The first-order valence-corrected chi connectivity index (χ1v) is 10.5. The van der Waals surface area contributed by atoms with Gasteiger partial charge in [-0.05, 0) is 64.5 Å². The predicted molar refractivity (Wildman–Crippen MR) is 118 cm³/mol. The highest BCUT2D eigenvalue weighted by Gasteiger charge is 2.14. The fraction of sp³-hybridized carbons (Fsp3) is 0.200. The van der Waals surface area contributed by atoms with Crippen molar-refractivity contribution >= 4 is 39.3 Å². The zero-order chi connectivity index (χ0) is 21.5. The average Bonchev–Trinajstić information content (AvgIpc) is 3.13. The normalized spacial score (nSPS) is 10.5. The van der Waals surface area contributed by atoms with E-state index in [4.69, 9.17) is 9.47 Å². The Balaban J connectivity index is 1.68. The number of ether oxygens (including phenoxy) is 2. The third-order valence-corrected chi connectivity index (χ3v) is 5.56. The van der Waals surface area contributed by atoms with E-state index in [-0.39, 0.29) is 12.5 Å². The number of anilines is 1. The number of rotatable bonds is 9. The van der Waals surface area contributed by atoms with E-state index < -0.39 is 0 Å². The Kier molecular flexibility index (Phi) is 7.47. The summed E-state index contributed by atoms with van der Waals surface area (Å²) in [5, 5.41) is 14.9. The summed E-state index contributed by atoms with van der Waals surface area (Å²) in [6, 6.07) is 11.1. The Hall–Kier alpha value is -2.85. The Morgan fingerprint density at radius 1 is 1.30 bits per heavy atom. The van der Waals surface area contributed by atoms with E-state index in [0.29, 0.717) is 22.3 Å². The minimum atomic E-state index is -0.303. The van der Waals surface area contributed by atoms with Gasteiger partial charge < -0.3 is 14.8 Å². The Labute approximate surface area is 186 Å². The second kappa shape index (κ2) is 10.3. The van der Waals surface area contributed by atoms with Crippen molar-refractivity contribution in [2.45, 2.75) is 16.5 Å². The number of nitrogens with zero attached hydrogens (tertiary/aromatic N) is 4. The molecule has 1 amide bonds. The molecule has 0 unspecified atom stereocenters. The zero-order valence-electron chi connectivity index (χ0n) is 16.5. The van der Waals surface area contributed by atoms with Crippen LogP contribution in [0, 0.1) is 0 Å². The molecular weight excluding hydrogens is 470 g/mol. The number of aryl methyl sites for hydroxylation is 1. The maximum Gasteiger partial charge on any atom is 0.262 e. The first kappa shape index (κ1) is 21.8. The summed E-state index contributed by atoms with van der Waals surface area (Å²) < 4.78 is 13.4. The molecule has 8 nitrogen and oxygen atoms in total. The summed E-state index contributed by atoms with van der Waals surface area (Å²) in [6.45, 7) is 3.56. The highest BCUT2D eigenvalue weighted by atomic mass is 79.9. The predicted octanol–water partition coefficient (Wildman–Crippen LogP) is 3.88. The van der Waals surface area contributed by atoms with Crippen LogP contribution in [-0.2, 0) is 18.3 Å². The number of carbonyl (C=O) groups is 1. The fourth-order valence-electron chi connectivity index (χ4n) is 2.55. The lowest BCUT2D eigenvalue weighted by molar-refractivity contribution is -0.118. The molecule has 2 aromatic carbocycles. The summed E-state index contributed by atoms with van der Waals surface area (Å²) in [4.78, 5) is 13.3. The monoisotopic (exact) mass is 489 g/mol. The lowest BCUT2D eigenvalue weighted by atomic mass is 10.1. The van der Waals surface area contributed by atoms with Gasteiger partial charge >= 0.3 is 0 Å². The molecular formula is C20H20BrN5O3S. The molecule has 3 rings (SSSR count). The SMILES string of the molecule is C=CCc1ccc(OCC(=O)Nc2cc(Br)ccc2Sc2nnnn2C)c(OC)c1. The number of tetrazole rings is 1. The number of hydrogen-bond donors (Lipinski definition) is 1. The van der Waals surface area contributed by atoms with E-state index in [2.05, 4.69) is 43.4 Å². The molecule has 0 saturated carbocycles. The first-order valence-electron chi connectivity index (χ1n) is 8.90. The van der Waals surface area contributed by atoms with E-state index in [1.54, 1.807) is 24.9 Å². The second-order valence-corrected chi connectivity index (χ2v) is 8.07. The van der Waals surface area contributed by atoms with Gasteiger partial charge in [0.25, 0.3) is 5.91 Å². The Morgan fingerprint density at radius 3 is 2.83 bits per heavy atom. The molecule has 1 heterocycles. The second-order valence-electron chi connectivity index (χ2n) is 6.14. The lowest BCUT2D eigenvalue weighted by Crippen LogP contribution is -2.20. The minimum absolute atomic E-state index is 0.167. The summed E-state index contributed by atoms with van der Waals surface area (Å²) in [7, 11) is 3.31. The van der Waals surface area contributed by atoms with Gasteiger partial charge in [0.1, 0.15) is 0 Å². The van der Waals surface area contributed by atoms with Gasteiger partial charge in [0.2, 0.25) is 5.16 Å². The molecule has 0 atom stereocenters. The maximum atomic E-state index is 12.5. The summed E-state index contributed by atoms with van der Waals surface area (Å²) >= 11 is 4.78. The van der Waals surface area contributed by atoms with E-state index in [0.717, 1.165) is 21.4 Å². The smallest absolute Gasteiger partial charge is 0.262 e. The Morgan fingerprint density at radius 2 is 2.13 bits per heavy atom. The van der Waals surface area contributed by atoms with Crippen LogP contribution in [0.25, 0.3) is 0 Å². The van der Waals surface area contributed by atoms with Crippen molar-refractivity contribution in [1.82, 2.24) is 20.2 Å². The fourth-order valence-corrected chi connectivity index (χ4v) is 3.71. The molecule has 0 radical (unpaired) electrons. The van der Waals surface area contributed by atoms with Crippen LogP contribution in [0.3, 0.4) is 0 Å². The molecule has 3 aromatic rings. The van der Waals surface area contributed by atoms with Gasteiger partial charge in [0, 0.05) is 16.4 Å². The van der Waals surface area contributed by atoms with Crippen LogP contribution in [0.1, 0.15) is 5.56 Å². The number of benzene rings is 2. The third-order valence-electron chi connectivity index (χ3n) is 3.97. The molecule has 0 spiro atoms. The highest BCUT2D eigenvalue weighted by Crippen LogP contribution is 2.34. The molecule has 156 valence electrons. The molecule has 0 aliphatic rings. The van der Waals surface area contributed by atoms with Crippen molar-refractivity contribution < 1.29 is 14.3 Å². The van der Waals surface area contributed by atoms with E-state index in [1.807, 2.05) is 36.4 Å². The minimum Gasteiger partial charge on any atom is -0.493 e. The van der Waals surface area contributed by atoms with Crippen LogP contribution >= 0.6 is 27.7 Å². The number of amides is 1. The summed E-state index contributed by atoms with van der Waals surface area (Å²) in [5.41, 5.74) is 1.67. The number of aromatic nitrogens is 4. The molecule has 0 aliphatic heterocycles.